The van der Waals surface area contributed by atoms with Crippen LogP contribution in [0.3, 0.4) is 0 Å². The Balaban J connectivity index is 0. The van der Waals surface area contributed by atoms with Gasteiger partial charge in [0.15, 0.2) is 0 Å². The molecule has 0 amide bonds. The van der Waals surface area contributed by atoms with Crippen molar-refractivity contribution in [3.63, 3.8) is 0 Å². The van der Waals surface area contributed by atoms with Crippen molar-refractivity contribution in [2.24, 2.45) is 0 Å². The molecule has 0 unspecified atom stereocenters. The largest absolute Gasteiger partial charge is 1.00 e. The van der Waals surface area contributed by atoms with Gasteiger partial charge in [0.25, 0.3) is 0 Å². The minimum absolute atomic E-state index is 0. The quantitative estimate of drug-likeness (QED) is 0.228. The van der Waals surface area contributed by atoms with Crippen molar-refractivity contribution in [3.8, 4) is 0 Å². The molecule has 0 spiro atoms. The van der Waals surface area contributed by atoms with Gasteiger partial charge in [-0.2, -0.15) is 24.6 Å². The zero-order chi connectivity index (χ0) is 9.23. The van der Waals surface area contributed by atoms with Crippen LogP contribution in [-0.4, -0.2) is 12.9 Å². The van der Waals surface area contributed by atoms with E-state index in [4.69, 9.17) is 9.59 Å². The summed E-state index contributed by atoms with van der Waals surface area (Å²) >= 11 is 0. The van der Waals surface area contributed by atoms with E-state index in [0.717, 1.165) is 5.56 Å². The Labute approximate surface area is 89.3 Å². The van der Waals surface area contributed by atoms with E-state index >= 15 is 0 Å². The van der Waals surface area contributed by atoms with Crippen molar-refractivity contribution < 1.29 is 33.2 Å². The second kappa shape index (κ2) is 10.8. The fourth-order valence-electron chi connectivity index (χ4n) is 0.501. The van der Waals surface area contributed by atoms with Crippen LogP contribution >= 0.6 is 0 Å². The van der Waals surface area contributed by atoms with Crippen molar-refractivity contribution in [2.45, 2.75) is 0 Å². The molecule has 0 saturated carbocycles. The molecule has 0 bridgehead atoms. The van der Waals surface area contributed by atoms with E-state index in [1.807, 2.05) is 30.3 Å². The van der Waals surface area contributed by atoms with E-state index in [0.29, 0.717) is 0 Å². The molecule has 0 aliphatic rings. The van der Waals surface area contributed by atoms with Crippen molar-refractivity contribution in [2.75, 3.05) is 0 Å². The molecule has 1 aromatic carbocycles. The Morgan fingerprint density at radius 2 is 1.54 bits per heavy atom. The van der Waals surface area contributed by atoms with Crippen LogP contribution in [0.4, 0.5) is 0 Å². The Morgan fingerprint density at radius 1 is 1.08 bits per heavy atom. The summed E-state index contributed by atoms with van der Waals surface area (Å²) in [5, 5.41) is 0. The Kier molecular flexibility index (Phi) is 12.0. The SMILES string of the molecule is O=COC=O.[CH2-]c1ccccc1.[Li+]. The summed E-state index contributed by atoms with van der Waals surface area (Å²) in [4.78, 5) is 17.9. The third-order valence-electron chi connectivity index (χ3n) is 0.954. The van der Waals surface area contributed by atoms with Crippen molar-refractivity contribution in [1.29, 1.82) is 0 Å². The number of hydrogen-bond acceptors (Lipinski definition) is 3. The van der Waals surface area contributed by atoms with Gasteiger partial charge >= 0.3 is 31.8 Å². The number of carbonyl (C=O) groups excluding carboxylic acids is 2. The Bertz CT molecular complexity index is 218. The maximum atomic E-state index is 8.95. The van der Waals surface area contributed by atoms with Crippen LogP contribution in [0.25, 0.3) is 0 Å². The van der Waals surface area contributed by atoms with E-state index in [1.165, 1.54) is 0 Å². The second-order valence-electron chi connectivity index (χ2n) is 1.81. The first-order valence-electron chi connectivity index (χ1n) is 3.21. The molecule has 0 atom stereocenters. The van der Waals surface area contributed by atoms with E-state index in [9.17, 15) is 0 Å². The minimum atomic E-state index is 0. The topological polar surface area (TPSA) is 43.4 Å². The second-order valence-corrected chi connectivity index (χ2v) is 1.81. The molecule has 1 rings (SSSR count). The summed E-state index contributed by atoms with van der Waals surface area (Å²) < 4.78 is 3.47. The van der Waals surface area contributed by atoms with Crippen LogP contribution < -0.4 is 18.9 Å². The fraction of sp³-hybridized carbons (Fsp3) is 0. The molecule has 0 radical (unpaired) electrons. The maximum absolute atomic E-state index is 8.95. The molecule has 0 aromatic heterocycles. The molecule has 0 heterocycles. The normalized spacial score (nSPS) is 6.77. The molecule has 13 heavy (non-hydrogen) atoms. The predicted molar refractivity (Wildman–Crippen MR) is 44.1 cm³/mol. The van der Waals surface area contributed by atoms with Crippen LogP contribution in [0.2, 0.25) is 0 Å². The van der Waals surface area contributed by atoms with Crippen LogP contribution in [0, 0.1) is 6.92 Å². The smallest absolute Gasteiger partial charge is 0.398 e. The predicted octanol–water partition coefficient (Wildman–Crippen LogP) is -1.81. The van der Waals surface area contributed by atoms with E-state index in [2.05, 4.69) is 11.7 Å². The first kappa shape index (κ1) is 14.4. The molecular formula is C9H9LiO3. The molecular weight excluding hydrogens is 163 g/mol. The van der Waals surface area contributed by atoms with Crippen LogP contribution in [0.1, 0.15) is 5.56 Å². The van der Waals surface area contributed by atoms with Gasteiger partial charge in [0.1, 0.15) is 0 Å². The van der Waals surface area contributed by atoms with Gasteiger partial charge < -0.3 is 4.74 Å². The zero-order valence-corrected chi connectivity index (χ0v) is 7.47. The van der Waals surface area contributed by atoms with E-state index in [-0.39, 0.29) is 31.8 Å². The van der Waals surface area contributed by atoms with Crippen LogP contribution in [0.5, 0.6) is 0 Å². The minimum Gasteiger partial charge on any atom is -0.398 e. The van der Waals surface area contributed by atoms with Gasteiger partial charge in [0.05, 0.1) is 0 Å². The molecule has 0 saturated heterocycles. The molecule has 64 valence electrons. The summed E-state index contributed by atoms with van der Waals surface area (Å²) in [6, 6.07) is 9.87. The molecule has 0 fully saturated rings. The summed E-state index contributed by atoms with van der Waals surface area (Å²) in [5.74, 6) is 0. The standard InChI is InChI=1S/C7H7.C2H2O3.Li/c1-7-5-3-2-4-6-7;3-1-5-2-4;/h2-6H,1H2;1-2H;/q-1;;+1. The van der Waals surface area contributed by atoms with Gasteiger partial charge in [0, 0.05) is 0 Å². The molecule has 0 N–H and O–H groups in total. The summed E-state index contributed by atoms with van der Waals surface area (Å²) in [5.41, 5.74) is 1.07. The average molecular weight is 172 g/mol. The van der Waals surface area contributed by atoms with Crippen molar-refractivity contribution >= 4 is 12.9 Å². The van der Waals surface area contributed by atoms with E-state index < -0.39 is 0 Å². The third-order valence-corrected chi connectivity index (χ3v) is 0.954. The van der Waals surface area contributed by atoms with E-state index in [1.54, 1.807) is 0 Å². The molecule has 0 aliphatic carbocycles. The number of benzene rings is 1. The Hall–Kier alpha value is -1.17. The molecule has 0 aliphatic heterocycles. The van der Waals surface area contributed by atoms with Gasteiger partial charge in [0.2, 0.25) is 0 Å². The van der Waals surface area contributed by atoms with Gasteiger partial charge in [-0.15, -0.1) is 12.1 Å². The average Bonchev–Trinajstić information content (AvgIpc) is 2.08. The number of ether oxygens (including phenoxy) is 1. The van der Waals surface area contributed by atoms with Gasteiger partial charge in [-0.05, 0) is 0 Å². The van der Waals surface area contributed by atoms with Crippen LogP contribution in [0.15, 0.2) is 30.3 Å². The summed E-state index contributed by atoms with van der Waals surface area (Å²) in [6.07, 6.45) is 0. The van der Waals surface area contributed by atoms with Gasteiger partial charge in [-0.1, -0.05) is 6.07 Å². The zero-order valence-electron chi connectivity index (χ0n) is 7.47. The summed E-state index contributed by atoms with van der Waals surface area (Å²) in [6.45, 7) is 3.85. The molecule has 1 aromatic rings. The number of carbonyl (C=O) groups is 2. The van der Waals surface area contributed by atoms with Crippen molar-refractivity contribution in [3.05, 3.63) is 42.8 Å². The van der Waals surface area contributed by atoms with Gasteiger partial charge in [-0.3, -0.25) is 9.59 Å². The molecule has 4 heteroatoms. The Morgan fingerprint density at radius 3 is 1.69 bits per heavy atom. The monoisotopic (exact) mass is 172 g/mol. The number of rotatable bonds is 2. The van der Waals surface area contributed by atoms with Gasteiger partial charge in [-0.25, -0.2) is 0 Å². The number of hydrogen-bond donors (Lipinski definition) is 0. The maximum Gasteiger partial charge on any atom is 1.00 e. The molecule has 3 nitrogen and oxygen atoms in total. The first-order chi connectivity index (χ1) is 5.81. The first-order valence-corrected chi connectivity index (χ1v) is 3.21. The fourth-order valence-corrected chi connectivity index (χ4v) is 0.501. The van der Waals surface area contributed by atoms with Crippen LogP contribution in [-0.2, 0) is 14.3 Å². The summed E-state index contributed by atoms with van der Waals surface area (Å²) in [7, 11) is 0. The van der Waals surface area contributed by atoms with Crippen molar-refractivity contribution in [1.82, 2.24) is 0 Å². The third kappa shape index (κ3) is 10.8.